The number of hydrogen-bond acceptors (Lipinski definition) is 3. The van der Waals surface area contributed by atoms with Crippen molar-refractivity contribution in [3.63, 3.8) is 0 Å². The van der Waals surface area contributed by atoms with Crippen LogP contribution in [-0.2, 0) is 0 Å². The minimum absolute atomic E-state index is 0.0526. The van der Waals surface area contributed by atoms with Gasteiger partial charge in [-0.1, -0.05) is 20.8 Å². The summed E-state index contributed by atoms with van der Waals surface area (Å²) >= 11 is 0. The molecule has 4 atom stereocenters. The van der Waals surface area contributed by atoms with Crippen LogP contribution in [-0.4, -0.2) is 41.3 Å². The molecule has 2 fully saturated rings. The first-order valence-corrected chi connectivity index (χ1v) is 6.55. The largest absolute Gasteiger partial charge is 0.395 e. The summed E-state index contributed by atoms with van der Waals surface area (Å²) < 4.78 is 0. The molecule has 4 unspecified atom stereocenters. The van der Waals surface area contributed by atoms with Crippen LogP contribution in [0.1, 0.15) is 40.0 Å². The fraction of sp³-hybridized carbons (Fsp3) is 1.00. The van der Waals surface area contributed by atoms with Gasteiger partial charge < -0.3 is 10.8 Å². The summed E-state index contributed by atoms with van der Waals surface area (Å²) in [5.74, 6) is 0.867. The van der Waals surface area contributed by atoms with Crippen LogP contribution < -0.4 is 5.73 Å². The number of fused-ring (bicyclic) bond motifs is 2. The smallest absolute Gasteiger partial charge is 0.0602 e. The fourth-order valence-corrected chi connectivity index (χ4v) is 3.37. The zero-order valence-corrected chi connectivity index (χ0v) is 10.8. The Morgan fingerprint density at radius 2 is 2.06 bits per heavy atom. The molecule has 2 rings (SSSR count). The quantitative estimate of drug-likeness (QED) is 0.760. The molecule has 0 aromatic rings. The first kappa shape index (κ1) is 12.3. The van der Waals surface area contributed by atoms with Crippen molar-refractivity contribution in [2.45, 2.75) is 58.2 Å². The highest BCUT2D eigenvalue weighted by atomic mass is 16.3. The first-order valence-electron chi connectivity index (χ1n) is 6.55. The van der Waals surface area contributed by atoms with Crippen LogP contribution in [0.25, 0.3) is 0 Å². The number of nitrogens with two attached hydrogens (primary N) is 1. The van der Waals surface area contributed by atoms with Crippen LogP contribution in [0, 0.1) is 11.3 Å². The van der Waals surface area contributed by atoms with Gasteiger partial charge in [0.15, 0.2) is 0 Å². The highest BCUT2D eigenvalue weighted by Crippen LogP contribution is 2.40. The lowest BCUT2D eigenvalue weighted by atomic mass is 9.82. The maximum absolute atomic E-state index is 9.63. The molecule has 94 valence electrons. The zero-order chi connectivity index (χ0) is 11.9. The van der Waals surface area contributed by atoms with Crippen molar-refractivity contribution in [3.05, 3.63) is 0 Å². The van der Waals surface area contributed by atoms with Gasteiger partial charge in [0.25, 0.3) is 0 Å². The highest BCUT2D eigenvalue weighted by Gasteiger charge is 2.44. The number of rotatable bonds is 3. The molecule has 1 aliphatic carbocycles. The normalized spacial score (nSPS) is 34.3. The fourth-order valence-electron chi connectivity index (χ4n) is 3.37. The highest BCUT2D eigenvalue weighted by molar-refractivity contribution is 4.99. The molecule has 0 aromatic carbocycles. The molecule has 1 saturated heterocycles. The van der Waals surface area contributed by atoms with Crippen molar-refractivity contribution < 1.29 is 5.11 Å². The van der Waals surface area contributed by atoms with Crippen molar-refractivity contribution in [1.82, 2.24) is 4.90 Å². The lowest BCUT2D eigenvalue weighted by Crippen LogP contribution is -2.57. The molecular formula is C13H26N2O. The predicted molar refractivity (Wildman–Crippen MR) is 66.1 cm³/mol. The number of nitrogens with zero attached hydrogens (tertiary/aromatic N) is 1. The van der Waals surface area contributed by atoms with Gasteiger partial charge in [0.1, 0.15) is 0 Å². The Morgan fingerprint density at radius 1 is 1.38 bits per heavy atom. The van der Waals surface area contributed by atoms with Crippen molar-refractivity contribution in [3.8, 4) is 0 Å². The summed E-state index contributed by atoms with van der Waals surface area (Å²) in [6.45, 7) is 7.83. The Balaban J connectivity index is 2.05. The second-order valence-electron chi connectivity index (χ2n) is 6.67. The zero-order valence-electron chi connectivity index (χ0n) is 10.8. The van der Waals surface area contributed by atoms with E-state index in [1.54, 1.807) is 0 Å². The van der Waals surface area contributed by atoms with E-state index in [1.165, 1.54) is 19.3 Å². The monoisotopic (exact) mass is 226 g/mol. The molecule has 0 spiro atoms. The Kier molecular flexibility index (Phi) is 3.30. The van der Waals surface area contributed by atoms with E-state index >= 15 is 0 Å². The number of hydrogen-bond donors (Lipinski definition) is 2. The van der Waals surface area contributed by atoms with E-state index in [0.717, 1.165) is 12.5 Å². The SMILES string of the molecule is CC(C)(C)C(N)C(CO)N1CC2CCC1C2. The van der Waals surface area contributed by atoms with Crippen molar-refractivity contribution in [2.75, 3.05) is 13.2 Å². The second kappa shape index (κ2) is 4.28. The third-order valence-corrected chi connectivity index (χ3v) is 4.48. The van der Waals surface area contributed by atoms with E-state index in [-0.39, 0.29) is 24.1 Å². The molecule has 16 heavy (non-hydrogen) atoms. The lowest BCUT2D eigenvalue weighted by molar-refractivity contribution is 0.0496. The molecular weight excluding hydrogens is 200 g/mol. The van der Waals surface area contributed by atoms with E-state index in [1.807, 2.05) is 0 Å². The molecule has 3 N–H and O–H groups in total. The molecule has 1 heterocycles. The topological polar surface area (TPSA) is 49.5 Å². The van der Waals surface area contributed by atoms with Crippen LogP contribution >= 0.6 is 0 Å². The summed E-state index contributed by atoms with van der Waals surface area (Å²) in [6, 6.07) is 0.891. The van der Waals surface area contributed by atoms with Gasteiger partial charge in [-0.2, -0.15) is 0 Å². The average molecular weight is 226 g/mol. The van der Waals surface area contributed by atoms with Crippen LogP contribution in [0.3, 0.4) is 0 Å². The molecule has 2 bridgehead atoms. The van der Waals surface area contributed by atoms with Crippen LogP contribution in [0.15, 0.2) is 0 Å². The molecule has 3 heteroatoms. The van der Waals surface area contributed by atoms with Crippen LogP contribution in [0.2, 0.25) is 0 Å². The molecule has 2 aliphatic rings. The Morgan fingerprint density at radius 3 is 2.44 bits per heavy atom. The number of likely N-dealkylation sites (tertiary alicyclic amines) is 1. The van der Waals surface area contributed by atoms with Gasteiger partial charge in [0, 0.05) is 24.7 Å². The predicted octanol–water partition coefficient (Wildman–Crippen LogP) is 1.21. The standard InChI is InChI=1S/C13H26N2O/c1-13(2,3)12(14)11(8-16)15-7-9-4-5-10(15)6-9/h9-12,16H,4-8,14H2,1-3H3. The molecule has 0 amide bonds. The molecule has 0 radical (unpaired) electrons. The van der Waals surface area contributed by atoms with E-state index in [2.05, 4.69) is 25.7 Å². The van der Waals surface area contributed by atoms with Gasteiger partial charge in [-0.15, -0.1) is 0 Å². The molecule has 0 aromatic heterocycles. The summed E-state index contributed by atoms with van der Waals surface area (Å²) in [5.41, 5.74) is 6.38. The minimum atomic E-state index is 0.0526. The van der Waals surface area contributed by atoms with Crippen LogP contribution in [0.4, 0.5) is 0 Å². The second-order valence-corrected chi connectivity index (χ2v) is 6.67. The maximum Gasteiger partial charge on any atom is 0.0602 e. The Bertz CT molecular complexity index is 249. The summed E-state index contributed by atoms with van der Waals surface area (Å²) in [5, 5.41) is 9.63. The average Bonchev–Trinajstić information content (AvgIpc) is 2.78. The van der Waals surface area contributed by atoms with E-state index in [9.17, 15) is 5.11 Å². The lowest BCUT2D eigenvalue weighted by Gasteiger charge is -2.42. The van der Waals surface area contributed by atoms with Crippen molar-refractivity contribution >= 4 is 0 Å². The molecule has 1 saturated carbocycles. The molecule has 3 nitrogen and oxygen atoms in total. The van der Waals surface area contributed by atoms with Gasteiger partial charge in [-0.3, -0.25) is 4.90 Å². The van der Waals surface area contributed by atoms with Gasteiger partial charge in [0.2, 0.25) is 0 Å². The number of aliphatic hydroxyl groups excluding tert-OH is 1. The third-order valence-electron chi connectivity index (χ3n) is 4.48. The van der Waals surface area contributed by atoms with Crippen molar-refractivity contribution in [1.29, 1.82) is 0 Å². The first-order chi connectivity index (χ1) is 7.43. The van der Waals surface area contributed by atoms with Crippen LogP contribution in [0.5, 0.6) is 0 Å². The minimum Gasteiger partial charge on any atom is -0.395 e. The van der Waals surface area contributed by atoms with Gasteiger partial charge in [-0.25, -0.2) is 0 Å². The van der Waals surface area contributed by atoms with E-state index in [4.69, 9.17) is 5.73 Å². The summed E-state index contributed by atoms with van der Waals surface area (Å²) in [7, 11) is 0. The van der Waals surface area contributed by atoms with Gasteiger partial charge >= 0.3 is 0 Å². The molecule has 1 aliphatic heterocycles. The maximum atomic E-state index is 9.63. The number of piperidine rings is 1. The Labute approximate surface area is 99.0 Å². The number of aliphatic hydroxyl groups is 1. The summed E-state index contributed by atoms with van der Waals surface area (Å²) in [6.07, 6.45) is 4.01. The van der Waals surface area contributed by atoms with Crippen molar-refractivity contribution in [2.24, 2.45) is 17.1 Å². The Hall–Kier alpha value is -0.120. The van der Waals surface area contributed by atoms with E-state index in [0.29, 0.717) is 6.04 Å². The third kappa shape index (κ3) is 2.13. The van der Waals surface area contributed by atoms with E-state index < -0.39 is 0 Å². The van der Waals surface area contributed by atoms with Gasteiger partial charge in [-0.05, 0) is 30.6 Å². The summed E-state index contributed by atoms with van der Waals surface area (Å²) in [4.78, 5) is 2.48. The van der Waals surface area contributed by atoms with Gasteiger partial charge in [0.05, 0.1) is 6.61 Å².